The molecule has 1 amide bonds. The largest absolute Gasteiger partial charge is 0.463 e. The lowest BCUT2D eigenvalue weighted by Crippen LogP contribution is -2.31. The van der Waals surface area contributed by atoms with Crippen LogP contribution in [0.5, 0.6) is 0 Å². The molecule has 1 unspecified atom stereocenters. The zero-order valence-corrected chi connectivity index (χ0v) is 18.7. The summed E-state index contributed by atoms with van der Waals surface area (Å²) in [5.74, 6) is -1.02. The van der Waals surface area contributed by atoms with E-state index >= 15 is 0 Å². The highest BCUT2D eigenvalue weighted by Crippen LogP contribution is 2.31. The summed E-state index contributed by atoms with van der Waals surface area (Å²) in [6, 6.07) is 14.6. The molecule has 1 heterocycles. The molecule has 0 bridgehead atoms. The summed E-state index contributed by atoms with van der Waals surface area (Å²) < 4.78 is 5.21. The number of rotatable bonds is 8. The number of carbonyl (C=O) groups excluding carboxylic acids is 2. The molecule has 166 valence electrons. The molecule has 0 radical (unpaired) electrons. The molecular weight excluding hydrogens is 430 g/mol. The van der Waals surface area contributed by atoms with E-state index in [2.05, 4.69) is 10.3 Å². The molecule has 3 rings (SSSR count). The van der Waals surface area contributed by atoms with Gasteiger partial charge in [0.15, 0.2) is 0 Å². The van der Waals surface area contributed by atoms with Gasteiger partial charge in [0.1, 0.15) is 9.88 Å². The first kappa shape index (κ1) is 23.1. The van der Waals surface area contributed by atoms with Crippen LogP contribution in [0.2, 0.25) is 0 Å². The van der Waals surface area contributed by atoms with E-state index < -0.39 is 22.8 Å². The summed E-state index contributed by atoms with van der Waals surface area (Å²) in [7, 11) is 0. The van der Waals surface area contributed by atoms with Crippen molar-refractivity contribution in [3.63, 3.8) is 0 Å². The molecule has 0 aliphatic heterocycles. The number of amides is 1. The summed E-state index contributed by atoms with van der Waals surface area (Å²) in [5.41, 5.74) is 1.48. The second-order valence-electron chi connectivity index (χ2n) is 7.38. The average Bonchev–Trinajstić information content (AvgIpc) is 3.15. The number of thiazole rings is 1. The molecule has 0 fully saturated rings. The number of carbonyl (C=O) groups is 2. The van der Waals surface area contributed by atoms with Crippen LogP contribution in [0.25, 0.3) is 10.6 Å². The fourth-order valence-electron chi connectivity index (χ4n) is 3.20. The first-order chi connectivity index (χ1) is 15.3. The van der Waals surface area contributed by atoms with E-state index in [-0.39, 0.29) is 23.8 Å². The number of nitro groups is 1. The van der Waals surface area contributed by atoms with Crippen molar-refractivity contribution in [1.82, 2.24) is 10.3 Å². The normalized spacial score (nSPS) is 11.8. The fourth-order valence-corrected chi connectivity index (χ4v) is 4.17. The highest BCUT2D eigenvalue weighted by Gasteiger charge is 2.28. The molecule has 8 nitrogen and oxygen atoms in total. The first-order valence-electron chi connectivity index (χ1n) is 10.0. The van der Waals surface area contributed by atoms with Crippen molar-refractivity contribution in [2.75, 3.05) is 0 Å². The number of aryl methyl sites for hydroxylation is 1. The van der Waals surface area contributed by atoms with E-state index in [0.717, 1.165) is 5.56 Å². The van der Waals surface area contributed by atoms with Gasteiger partial charge in [-0.15, -0.1) is 11.3 Å². The summed E-state index contributed by atoms with van der Waals surface area (Å²) in [5, 5.41) is 15.0. The maximum atomic E-state index is 13.1. The van der Waals surface area contributed by atoms with Crippen LogP contribution in [0.3, 0.4) is 0 Å². The molecule has 1 aromatic heterocycles. The number of para-hydroxylation sites is 1. The van der Waals surface area contributed by atoms with Gasteiger partial charge in [-0.25, -0.2) is 4.98 Å². The maximum Gasteiger partial charge on any atom is 0.308 e. The van der Waals surface area contributed by atoms with Crippen molar-refractivity contribution in [2.45, 2.75) is 39.3 Å². The molecule has 2 aromatic carbocycles. The number of hydrogen-bond acceptors (Lipinski definition) is 7. The minimum absolute atomic E-state index is 0.179. The topological polar surface area (TPSA) is 111 Å². The van der Waals surface area contributed by atoms with Crippen LogP contribution in [0.4, 0.5) is 5.69 Å². The summed E-state index contributed by atoms with van der Waals surface area (Å²) in [4.78, 5) is 41.3. The Morgan fingerprint density at radius 2 is 1.78 bits per heavy atom. The number of nitrogens with one attached hydrogen (secondary N) is 1. The fraction of sp³-hybridized carbons (Fsp3) is 0.261. The second kappa shape index (κ2) is 10.1. The van der Waals surface area contributed by atoms with Crippen molar-refractivity contribution in [2.24, 2.45) is 0 Å². The molecule has 0 saturated heterocycles. The third-order valence-electron chi connectivity index (χ3n) is 4.58. The second-order valence-corrected chi connectivity index (χ2v) is 8.38. The zero-order chi connectivity index (χ0) is 23.3. The third kappa shape index (κ3) is 5.55. The van der Waals surface area contributed by atoms with Gasteiger partial charge in [0.2, 0.25) is 0 Å². The summed E-state index contributed by atoms with van der Waals surface area (Å²) in [6.45, 7) is 5.15. The van der Waals surface area contributed by atoms with Gasteiger partial charge >= 0.3 is 5.97 Å². The monoisotopic (exact) mass is 453 g/mol. The Kier molecular flexibility index (Phi) is 7.32. The Bertz CT molecular complexity index is 1130. The lowest BCUT2D eigenvalue weighted by Gasteiger charge is -2.19. The lowest BCUT2D eigenvalue weighted by atomic mass is 10.0. The number of nitrogens with zero attached hydrogens (tertiary/aromatic N) is 2. The maximum absolute atomic E-state index is 13.1. The summed E-state index contributed by atoms with van der Waals surface area (Å²) >= 11 is 1.22. The Balaban J connectivity index is 1.91. The minimum Gasteiger partial charge on any atom is -0.463 e. The van der Waals surface area contributed by atoms with E-state index in [4.69, 9.17) is 4.74 Å². The number of ether oxygens (including phenoxy) is 1. The highest BCUT2D eigenvalue weighted by atomic mass is 32.1. The van der Waals surface area contributed by atoms with E-state index in [0.29, 0.717) is 15.6 Å². The average molecular weight is 454 g/mol. The lowest BCUT2D eigenvalue weighted by molar-refractivity contribution is -0.385. The highest BCUT2D eigenvalue weighted by molar-refractivity contribution is 7.17. The van der Waals surface area contributed by atoms with Gasteiger partial charge in [-0.05, 0) is 20.8 Å². The first-order valence-corrected chi connectivity index (χ1v) is 10.8. The predicted molar refractivity (Wildman–Crippen MR) is 121 cm³/mol. The quantitative estimate of drug-likeness (QED) is 0.297. The number of esters is 1. The van der Waals surface area contributed by atoms with Crippen LogP contribution in [0, 0.1) is 17.0 Å². The molecule has 32 heavy (non-hydrogen) atoms. The molecule has 0 saturated carbocycles. The van der Waals surface area contributed by atoms with Crippen molar-refractivity contribution in [3.8, 4) is 10.6 Å². The standard InChI is InChI=1S/C23H23N3O5S/c1-14(2)31-20(27)13-18(17-11-7-8-12-19(17)26(29)30)25-22(28)21-15(3)24-23(32-21)16-9-5-4-6-10-16/h4-12,14,18H,13H2,1-3H3,(H,25,28). The van der Waals surface area contributed by atoms with Gasteiger partial charge in [-0.2, -0.15) is 0 Å². The van der Waals surface area contributed by atoms with Crippen LogP contribution >= 0.6 is 11.3 Å². The number of aromatic nitrogens is 1. The number of hydrogen-bond donors (Lipinski definition) is 1. The van der Waals surface area contributed by atoms with Crippen LogP contribution in [0.1, 0.15) is 47.2 Å². The molecule has 3 aromatic rings. The van der Waals surface area contributed by atoms with E-state index in [1.165, 1.54) is 29.5 Å². The van der Waals surface area contributed by atoms with Crippen molar-refractivity contribution >= 4 is 28.9 Å². The van der Waals surface area contributed by atoms with Crippen LogP contribution in [0.15, 0.2) is 54.6 Å². The third-order valence-corrected chi connectivity index (χ3v) is 5.78. The number of nitro benzene ring substituents is 1. The van der Waals surface area contributed by atoms with Crippen molar-refractivity contribution in [1.29, 1.82) is 0 Å². The predicted octanol–water partition coefficient (Wildman–Crippen LogP) is 4.84. The van der Waals surface area contributed by atoms with Crippen LogP contribution < -0.4 is 5.32 Å². The molecular formula is C23H23N3O5S. The molecule has 0 aliphatic rings. The van der Waals surface area contributed by atoms with Gasteiger partial charge in [-0.3, -0.25) is 19.7 Å². The van der Waals surface area contributed by atoms with Gasteiger partial charge in [0.25, 0.3) is 11.6 Å². The minimum atomic E-state index is -0.933. The Morgan fingerprint density at radius 3 is 2.44 bits per heavy atom. The van der Waals surface area contributed by atoms with E-state index in [1.54, 1.807) is 26.8 Å². The summed E-state index contributed by atoms with van der Waals surface area (Å²) in [6.07, 6.45) is -0.584. The molecule has 0 spiro atoms. The van der Waals surface area contributed by atoms with Gasteiger partial charge in [0, 0.05) is 11.6 Å². The van der Waals surface area contributed by atoms with Gasteiger partial charge in [0.05, 0.1) is 34.7 Å². The molecule has 9 heteroatoms. The van der Waals surface area contributed by atoms with Gasteiger partial charge in [-0.1, -0.05) is 48.5 Å². The smallest absolute Gasteiger partial charge is 0.308 e. The SMILES string of the molecule is Cc1nc(-c2ccccc2)sc1C(=O)NC(CC(=O)OC(C)C)c1ccccc1[N+](=O)[O-]. The zero-order valence-electron chi connectivity index (χ0n) is 17.9. The number of benzene rings is 2. The van der Waals surface area contributed by atoms with E-state index in [9.17, 15) is 19.7 Å². The van der Waals surface area contributed by atoms with Crippen LogP contribution in [-0.2, 0) is 9.53 Å². The van der Waals surface area contributed by atoms with E-state index in [1.807, 2.05) is 30.3 Å². The Hall–Kier alpha value is -3.59. The Labute approximate surface area is 189 Å². The molecule has 1 atom stereocenters. The molecule has 0 aliphatic carbocycles. The van der Waals surface area contributed by atoms with Gasteiger partial charge < -0.3 is 10.1 Å². The van der Waals surface area contributed by atoms with Crippen molar-refractivity contribution in [3.05, 3.63) is 80.8 Å². The van der Waals surface area contributed by atoms with Crippen LogP contribution in [-0.4, -0.2) is 27.9 Å². The molecule has 1 N–H and O–H groups in total. The van der Waals surface area contributed by atoms with Crippen molar-refractivity contribution < 1.29 is 19.2 Å². The Morgan fingerprint density at radius 1 is 1.12 bits per heavy atom.